The maximum absolute atomic E-state index is 5.96. The van der Waals surface area contributed by atoms with Crippen molar-refractivity contribution < 1.29 is 4.74 Å². The summed E-state index contributed by atoms with van der Waals surface area (Å²) in [5.41, 5.74) is 7.70. The molecule has 0 saturated heterocycles. The molecular weight excluding hydrogens is 314 g/mol. The molecule has 2 nitrogen and oxygen atoms in total. The minimum Gasteiger partial charge on any atom is -0.488 e. The van der Waals surface area contributed by atoms with Crippen molar-refractivity contribution in [3.8, 4) is 5.75 Å². The van der Waals surface area contributed by atoms with Crippen LogP contribution in [-0.2, 0) is 13.2 Å². The van der Waals surface area contributed by atoms with Gasteiger partial charge < -0.3 is 10.5 Å². The zero-order valence-corrected chi connectivity index (χ0v) is 12.0. The lowest BCUT2D eigenvalue weighted by Gasteiger charge is -2.11. The summed E-state index contributed by atoms with van der Waals surface area (Å²) < 4.78 is 6.81. The predicted molar refractivity (Wildman–Crippen MR) is 77.8 cm³/mol. The second-order valence-corrected chi connectivity index (χ2v) is 5.13. The normalized spacial score (nSPS) is 10.4. The van der Waals surface area contributed by atoms with Crippen molar-refractivity contribution in [2.24, 2.45) is 5.73 Å². The van der Waals surface area contributed by atoms with E-state index < -0.39 is 0 Å². The molecule has 0 aliphatic carbocycles. The van der Waals surface area contributed by atoms with Gasteiger partial charge in [0.05, 0.1) is 0 Å². The Labute approximate surface area is 120 Å². The van der Waals surface area contributed by atoms with Gasteiger partial charge in [-0.1, -0.05) is 51.8 Å². The summed E-state index contributed by atoms with van der Waals surface area (Å²) >= 11 is 9.45. The van der Waals surface area contributed by atoms with Gasteiger partial charge in [-0.3, -0.25) is 0 Å². The van der Waals surface area contributed by atoms with Gasteiger partial charge in [0.1, 0.15) is 12.4 Å². The first-order valence-electron chi connectivity index (χ1n) is 5.55. The average molecular weight is 327 g/mol. The van der Waals surface area contributed by atoms with E-state index in [9.17, 15) is 0 Å². The zero-order valence-electron chi connectivity index (χ0n) is 9.70. The second-order valence-electron chi connectivity index (χ2n) is 3.84. The van der Waals surface area contributed by atoms with Gasteiger partial charge in [-0.2, -0.15) is 0 Å². The number of ether oxygens (including phenoxy) is 1. The van der Waals surface area contributed by atoms with Crippen molar-refractivity contribution in [3.05, 3.63) is 63.1 Å². The van der Waals surface area contributed by atoms with Gasteiger partial charge in [-0.05, 0) is 18.2 Å². The fourth-order valence-electron chi connectivity index (χ4n) is 1.60. The first-order valence-corrected chi connectivity index (χ1v) is 6.72. The van der Waals surface area contributed by atoms with Crippen LogP contribution in [0.3, 0.4) is 0 Å². The molecule has 2 rings (SSSR count). The molecule has 2 aromatic carbocycles. The van der Waals surface area contributed by atoms with Gasteiger partial charge in [-0.15, -0.1) is 0 Å². The minimum atomic E-state index is 0.433. The number of hydrogen-bond acceptors (Lipinski definition) is 2. The number of nitrogens with two attached hydrogens (primary N) is 1. The fourth-order valence-corrected chi connectivity index (χ4v) is 2.16. The van der Waals surface area contributed by atoms with Gasteiger partial charge in [0, 0.05) is 27.2 Å². The molecule has 0 fully saturated rings. The summed E-state index contributed by atoms with van der Waals surface area (Å²) in [5, 5.41) is 0.648. The van der Waals surface area contributed by atoms with E-state index in [1.165, 1.54) is 0 Å². The molecule has 0 saturated carbocycles. The summed E-state index contributed by atoms with van der Waals surface area (Å²) in [4.78, 5) is 0. The molecule has 0 aliphatic rings. The van der Waals surface area contributed by atoms with E-state index in [2.05, 4.69) is 15.9 Å². The van der Waals surface area contributed by atoms with Crippen LogP contribution in [0.1, 0.15) is 11.1 Å². The lowest BCUT2D eigenvalue weighted by Crippen LogP contribution is -2.03. The van der Waals surface area contributed by atoms with E-state index in [1.54, 1.807) is 6.07 Å². The van der Waals surface area contributed by atoms with Crippen molar-refractivity contribution in [2.45, 2.75) is 13.2 Å². The highest BCUT2D eigenvalue weighted by Crippen LogP contribution is 2.25. The molecule has 18 heavy (non-hydrogen) atoms. The maximum Gasteiger partial charge on any atom is 0.125 e. The summed E-state index contributed by atoms with van der Waals surface area (Å²) in [7, 11) is 0. The Morgan fingerprint density at radius 3 is 2.61 bits per heavy atom. The molecule has 0 heterocycles. The second kappa shape index (κ2) is 6.23. The molecule has 0 unspecified atom stereocenters. The fraction of sp³-hybridized carbons (Fsp3) is 0.143. The topological polar surface area (TPSA) is 35.2 Å². The van der Waals surface area contributed by atoms with Crippen molar-refractivity contribution in [2.75, 3.05) is 0 Å². The molecule has 0 bridgehead atoms. The lowest BCUT2D eigenvalue weighted by atomic mass is 10.2. The van der Waals surface area contributed by atoms with Crippen LogP contribution in [0.5, 0.6) is 5.75 Å². The van der Waals surface area contributed by atoms with Crippen molar-refractivity contribution >= 4 is 27.5 Å². The van der Waals surface area contributed by atoms with Crippen LogP contribution in [0.25, 0.3) is 0 Å². The van der Waals surface area contributed by atoms with Crippen LogP contribution in [0.4, 0.5) is 0 Å². The van der Waals surface area contributed by atoms with Gasteiger partial charge in [0.2, 0.25) is 0 Å². The first-order chi connectivity index (χ1) is 8.70. The highest BCUT2D eigenvalue weighted by molar-refractivity contribution is 9.10. The van der Waals surface area contributed by atoms with E-state index >= 15 is 0 Å². The van der Waals surface area contributed by atoms with Crippen LogP contribution < -0.4 is 10.5 Å². The standard InChI is InChI=1S/C14H13BrClNO/c15-13-4-2-1-3-11(13)9-18-14-7-12(16)6-5-10(14)8-17/h1-7H,8-9,17H2. The van der Waals surface area contributed by atoms with Crippen LogP contribution in [-0.4, -0.2) is 0 Å². The highest BCUT2D eigenvalue weighted by Gasteiger charge is 2.05. The van der Waals surface area contributed by atoms with Crippen LogP contribution in [0, 0.1) is 0 Å². The number of rotatable bonds is 4. The Morgan fingerprint density at radius 2 is 1.89 bits per heavy atom. The Morgan fingerprint density at radius 1 is 1.11 bits per heavy atom. The Hall–Kier alpha value is -1.03. The molecule has 0 aromatic heterocycles. The number of halogens is 2. The smallest absolute Gasteiger partial charge is 0.125 e. The molecule has 0 aliphatic heterocycles. The molecule has 4 heteroatoms. The van der Waals surface area contributed by atoms with E-state index in [0.717, 1.165) is 21.3 Å². The summed E-state index contributed by atoms with van der Waals surface area (Å²) in [6, 6.07) is 13.4. The van der Waals surface area contributed by atoms with Crippen LogP contribution >= 0.6 is 27.5 Å². The van der Waals surface area contributed by atoms with Crippen molar-refractivity contribution in [1.82, 2.24) is 0 Å². The Balaban J connectivity index is 2.15. The molecule has 0 spiro atoms. The molecule has 94 valence electrons. The quantitative estimate of drug-likeness (QED) is 0.916. The number of hydrogen-bond donors (Lipinski definition) is 1. The monoisotopic (exact) mass is 325 g/mol. The average Bonchev–Trinajstić information content (AvgIpc) is 2.38. The van der Waals surface area contributed by atoms with Crippen LogP contribution in [0.2, 0.25) is 5.02 Å². The molecule has 0 amide bonds. The number of benzene rings is 2. The SMILES string of the molecule is NCc1ccc(Cl)cc1OCc1ccccc1Br. The molecule has 2 N–H and O–H groups in total. The maximum atomic E-state index is 5.96. The van der Waals surface area contributed by atoms with Gasteiger partial charge >= 0.3 is 0 Å². The third-order valence-electron chi connectivity index (χ3n) is 2.59. The zero-order chi connectivity index (χ0) is 13.0. The van der Waals surface area contributed by atoms with E-state index in [0.29, 0.717) is 18.2 Å². The molecule has 0 radical (unpaired) electrons. The summed E-state index contributed by atoms with van der Waals surface area (Å²) in [5.74, 6) is 0.737. The Bertz CT molecular complexity index is 545. The van der Waals surface area contributed by atoms with Gasteiger partial charge in [0.15, 0.2) is 0 Å². The third kappa shape index (κ3) is 3.25. The van der Waals surface area contributed by atoms with E-state index in [1.807, 2.05) is 36.4 Å². The predicted octanol–water partition coefficient (Wildman–Crippen LogP) is 4.14. The minimum absolute atomic E-state index is 0.433. The van der Waals surface area contributed by atoms with Crippen molar-refractivity contribution in [3.63, 3.8) is 0 Å². The summed E-state index contributed by atoms with van der Waals surface area (Å²) in [6.45, 7) is 0.914. The lowest BCUT2D eigenvalue weighted by molar-refractivity contribution is 0.302. The van der Waals surface area contributed by atoms with Gasteiger partial charge in [0.25, 0.3) is 0 Å². The van der Waals surface area contributed by atoms with Gasteiger partial charge in [-0.25, -0.2) is 0 Å². The third-order valence-corrected chi connectivity index (χ3v) is 3.60. The molecular formula is C14H13BrClNO. The van der Waals surface area contributed by atoms with Crippen LogP contribution in [0.15, 0.2) is 46.9 Å². The molecule has 2 aromatic rings. The highest BCUT2D eigenvalue weighted by atomic mass is 79.9. The van der Waals surface area contributed by atoms with E-state index in [4.69, 9.17) is 22.1 Å². The Kier molecular flexibility index (Phi) is 4.64. The van der Waals surface area contributed by atoms with E-state index in [-0.39, 0.29) is 0 Å². The largest absolute Gasteiger partial charge is 0.488 e. The summed E-state index contributed by atoms with van der Waals surface area (Å²) in [6.07, 6.45) is 0. The first kappa shape index (κ1) is 13.4. The molecule has 0 atom stereocenters. The van der Waals surface area contributed by atoms with Crippen molar-refractivity contribution in [1.29, 1.82) is 0 Å².